The maximum Gasteiger partial charge on any atom is 0.219 e. The van der Waals surface area contributed by atoms with Crippen molar-refractivity contribution in [1.29, 1.82) is 0 Å². The molecule has 1 unspecified atom stereocenters. The normalized spacial score (nSPS) is 17.5. The predicted molar refractivity (Wildman–Crippen MR) is 83.1 cm³/mol. The summed E-state index contributed by atoms with van der Waals surface area (Å²) < 4.78 is 0. The van der Waals surface area contributed by atoms with E-state index in [1.807, 2.05) is 11.8 Å². The summed E-state index contributed by atoms with van der Waals surface area (Å²) in [5.74, 6) is 0.237. The molecule has 1 saturated heterocycles. The second-order valence-corrected chi connectivity index (χ2v) is 5.45. The summed E-state index contributed by atoms with van der Waals surface area (Å²) >= 11 is 0. The lowest BCUT2D eigenvalue weighted by atomic mass is 9.99. The van der Waals surface area contributed by atoms with Crippen LogP contribution in [0.4, 0.5) is 5.69 Å². The predicted octanol–water partition coefficient (Wildman–Crippen LogP) is 1.39. The van der Waals surface area contributed by atoms with Gasteiger partial charge in [-0.2, -0.15) is 0 Å². The Morgan fingerprint density at radius 1 is 1.14 bits per heavy atom. The van der Waals surface area contributed by atoms with E-state index in [-0.39, 0.29) is 17.7 Å². The number of hydrogen-bond acceptors (Lipinski definition) is 4. The molecule has 1 aliphatic rings. The first kappa shape index (κ1) is 15.5. The fourth-order valence-electron chi connectivity index (χ4n) is 2.80. The second kappa shape index (κ2) is 6.72. The van der Waals surface area contributed by atoms with Crippen molar-refractivity contribution in [2.75, 3.05) is 31.9 Å². The van der Waals surface area contributed by atoms with Gasteiger partial charge in [0.2, 0.25) is 5.91 Å². The minimum atomic E-state index is -0.122. The van der Waals surface area contributed by atoms with Crippen LogP contribution in [0.25, 0.3) is 0 Å². The fourth-order valence-corrected chi connectivity index (χ4v) is 2.80. The van der Waals surface area contributed by atoms with E-state index >= 15 is 0 Å². The van der Waals surface area contributed by atoms with Crippen LogP contribution in [0.2, 0.25) is 0 Å². The van der Waals surface area contributed by atoms with Crippen LogP contribution in [0.3, 0.4) is 0 Å². The lowest BCUT2D eigenvalue weighted by molar-refractivity contribution is -0.130. The number of nitrogen functional groups attached to an aromatic ring is 1. The average Bonchev–Trinajstić information content (AvgIpc) is 2.49. The summed E-state index contributed by atoms with van der Waals surface area (Å²) in [6.45, 7) is 6.50. The zero-order chi connectivity index (χ0) is 15.4. The van der Waals surface area contributed by atoms with Gasteiger partial charge in [-0.25, -0.2) is 0 Å². The molecule has 1 aromatic rings. The van der Waals surface area contributed by atoms with E-state index < -0.39 is 0 Å². The number of carbonyl (C=O) groups is 2. The van der Waals surface area contributed by atoms with Gasteiger partial charge in [-0.05, 0) is 30.7 Å². The summed E-state index contributed by atoms with van der Waals surface area (Å²) in [4.78, 5) is 28.0. The molecule has 1 heterocycles. The van der Waals surface area contributed by atoms with Gasteiger partial charge in [0, 0.05) is 44.4 Å². The summed E-state index contributed by atoms with van der Waals surface area (Å²) in [6.07, 6.45) is 0.767. The molecule has 1 fully saturated rings. The number of amides is 1. The Hall–Kier alpha value is -1.88. The zero-order valence-electron chi connectivity index (χ0n) is 12.7. The van der Waals surface area contributed by atoms with Crippen LogP contribution in [0, 0.1) is 0 Å². The van der Waals surface area contributed by atoms with Crippen molar-refractivity contribution in [2.45, 2.75) is 26.3 Å². The van der Waals surface area contributed by atoms with Gasteiger partial charge in [0.15, 0.2) is 5.78 Å². The zero-order valence-corrected chi connectivity index (χ0v) is 12.7. The van der Waals surface area contributed by atoms with Crippen LogP contribution in [-0.2, 0) is 4.79 Å². The van der Waals surface area contributed by atoms with Crippen molar-refractivity contribution in [3.05, 3.63) is 29.8 Å². The Bertz CT molecular complexity index is 505. The molecule has 0 saturated carbocycles. The summed E-state index contributed by atoms with van der Waals surface area (Å²) in [5.41, 5.74) is 7.02. The molecule has 5 heteroatoms. The Morgan fingerprint density at radius 3 is 2.19 bits per heavy atom. The first-order chi connectivity index (χ1) is 10.0. The van der Waals surface area contributed by atoms with Crippen molar-refractivity contribution in [3.63, 3.8) is 0 Å². The Morgan fingerprint density at radius 2 is 1.71 bits per heavy atom. The minimum Gasteiger partial charge on any atom is -0.399 e. The van der Waals surface area contributed by atoms with Gasteiger partial charge in [0.25, 0.3) is 0 Å². The largest absolute Gasteiger partial charge is 0.399 e. The molecule has 1 atom stereocenters. The molecule has 2 N–H and O–H groups in total. The smallest absolute Gasteiger partial charge is 0.219 e. The van der Waals surface area contributed by atoms with Crippen molar-refractivity contribution in [1.82, 2.24) is 9.80 Å². The molecular formula is C16H23N3O2. The molecule has 0 bridgehead atoms. The highest BCUT2D eigenvalue weighted by molar-refractivity contribution is 6.00. The number of ketones is 1. The van der Waals surface area contributed by atoms with Crippen LogP contribution in [-0.4, -0.2) is 53.7 Å². The molecular weight excluding hydrogens is 266 g/mol. The van der Waals surface area contributed by atoms with Crippen molar-refractivity contribution >= 4 is 17.4 Å². The monoisotopic (exact) mass is 289 g/mol. The number of hydrogen-bond donors (Lipinski definition) is 1. The number of anilines is 1. The molecule has 114 valence electrons. The van der Waals surface area contributed by atoms with Crippen LogP contribution < -0.4 is 5.73 Å². The SMILES string of the molecule is CCC(C(=O)c1ccc(N)cc1)N1CCN(C(C)=O)CC1. The Kier molecular flexibility index (Phi) is 4.96. The van der Waals surface area contributed by atoms with Gasteiger partial charge in [-0.15, -0.1) is 0 Å². The van der Waals surface area contributed by atoms with E-state index in [0.29, 0.717) is 24.3 Å². The van der Waals surface area contributed by atoms with E-state index in [2.05, 4.69) is 4.90 Å². The molecule has 5 nitrogen and oxygen atoms in total. The first-order valence-corrected chi connectivity index (χ1v) is 7.42. The van der Waals surface area contributed by atoms with Gasteiger partial charge in [0.1, 0.15) is 0 Å². The van der Waals surface area contributed by atoms with Crippen molar-refractivity contribution < 1.29 is 9.59 Å². The first-order valence-electron chi connectivity index (χ1n) is 7.42. The fraction of sp³-hybridized carbons (Fsp3) is 0.500. The Balaban J connectivity index is 2.04. The van der Waals surface area contributed by atoms with Crippen LogP contribution in [0.1, 0.15) is 30.6 Å². The number of nitrogens with two attached hydrogens (primary N) is 1. The summed E-state index contributed by atoms with van der Waals surface area (Å²) in [7, 11) is 0. The Labute approximate surface area is 125 Å². The third-order valence-electron chi connectivity index (χ3n) is 4.08. The molecule has 0 aromatic heterocycles. The van der Waals surface area contributed by atoms with Gasteiger partial charge >= 0.3 is 0 Å². The summed E-state index contributed by atoms with van der Waals surface area (Å²) in [5, 5.41) is 0. The van der Waals surface area contributed by atoms with Crippen LogP contribution >= 0.6 is 0 Å². The van der Waals surface area contributed by atoms with Crippen LogP contribution in [0.15, 0.2) is 24.3 Å². The third kappa shape index (κ3) is 3.61. The topological polar surface area (TPSA) is 66.6 Å². The maximum absolute atomic E-state index is 12.6. The second-order valence-electron chi connectivity index (χ2n) is 5.45. The van der Waals surface area contributed by atoms with Crippen molar-refractivity contribution in [2.24, 2.45) is 0 Å². The molecule has 2 rings (SSSR count). The van der Waals surface area contributed by atoms with E-state index in [1.165, 1.54) is 0 Å². The highest BCUT2D eigenvalue weighted by atomic mass is 16.2. The molecule has 0 radical (unpaired) electrons. The van der Waals surface area contributed by atoms with Crippen LogP contribution in [0.5, 0.6) is 0 Å². The average molecular weight is 289 g/mol. The van der Waals surface area contributed by atoms with E-state index in [1.54, 1.807) is 31.2 Å². The van der Waals surface area contributed by atoms with E-state index in [9.17, 15) is 9.59 Å². The molecule has 1 aromatic carbocycles. The number of piperazine rings is 1. The van der Waals surface area contributed by atoms with E-state index in [0.717, 1.165) is 19.5 Å². The highest BCUT2D eigenvalue weighted by Crippen LogP contribution is 2.16. The van der Waals surface area contributed by atoms with E-state index in [4.69, 9.17) is 5.73 Å². The number of benzene rings is 1. The highest BCUT2D eigenvalue weighted by Gasteiger charge is 2.28. The standard InChI is InChI=1S/C16H23N3O2/c1-3-15(16(21)13-4-6-14(17)7-5-13)19-10-8-18(9-11-19)12(2)20/h4-7,15H,3,8-11,17H2,1-2H3. The molecule has 21 heavy (non-hydrogen) atoms. The third-order valence-corrected chi connectivity index (χ3v) is 4.08. The summed E-state index contributed by atoms with van der Waals surface area (Å²) in [6, 6.07) is 6.96. The van der Waals surface area contributed by atoms with Crippen molar-refractivity contribution in [3.8, 4) is 0 Å². The molecule has 0 spiro atoms. The number of Topliss-reactive ketones (excluding diaryl/α,β-unsaturated/α-hetero) is 1. The van der Waals surface area contributed by atoms with Gasteiger partial charge in [-0.3, -0.25) is 14.5 Å². The number of carbonyl (C=O) groups excluding carboxylic acids is 2. The molecule has 0 aliphatic carbocycles. The van der Waals surface area contributed by atoms with Gasteiger partial charge < -0.3 is 10.6 Å². The minimum absolute atomic E-state index is 0.104. The molecule has 1 amide bonds. The van der Waals surface area contributed by atoms with Gasteiger partial charge in [-0.1, -0.05) is 6.92 Å². The number of nitrogens with zero attached hydrogens (tertiary/aromatic N) is 2. The quantitative estimate of drug-likeness (QED) is 0.672. The maximum atomic E-state index is 12.6. The molecule has 1 aliphatic heterocycles. The lowest BCUT2D eigenvalue weighted by Gasteiger charge is -2.38. The lowest BCUT2D eigenvalue weighted by Crippen LogP contribution is -2.53. The van der Waals surface area contributed by atoms with Gasteiger partial charge in [0.05, 0.1) is 6.04 Å². The number of rotatable bonds is 4.